The molecule has 1 aliphatic rings. The Hall–Kier alpha value is -2.33. The summed E-state index contributed by atoms with van der Waals surface area (Å²) in [6.07, 6.45) is 1.13. The zero-order valence-corrected chi connectivity index (χ0v) is 16.0. The molecule has 1 saturated heterocycles. The molecule has 4 nitrogen and oxygen atoms in total. The van der Waals surface area contributed by atoms with Gasteiger partial charge in [0.2, 0.25) is 0 Å². The van der Waals surface area contributed by atoms with Crippen LogP contribution < -0.4 is 10.6 Å². The van der Waals surface area contributed by atoms with E-state index in [0.29, 0.717) is 5.92 Å². The maximum atomic E-state index is 12.1. The normalized spacial score (nSPS) is 17.3. The van der Waals surface area contributed by atoms with Gasteiger partial charge in [-0.1, -0.05) is 35.9 Å². The van der Waals surface area contributed by atoms with E-state index < -0.39 is 0 Å². The number of hydrogen-bond donors (Lipinski definition) is 2. The van der Waals surface area contributed by atoms with Crippen LogP contribution in [-0.4, -0.2) is 30.6 Å². The molecule has 1 heterocycles. The molecule has 0 spiro atoms. The average Bonchev–Trinajstić information content (AvgIpc) is 3.06. The second kappa shape index (κ2) is 8.37. The Bertz CT molecular complexity index is 754. The van der Waals surface area contributed by atoms with Crippen molar-refractivity contribution < 1.29 is 4.79 Å². The summed E-state index contributed by atoms with van der Waals surface area (Å²) in [4.78, 5) is 14.6. The molecule has 2 amide bonds. The third-order valence-electron chi connectivity index (χ3n) is 5.21. The Morgan fingerprint density at radius 1 is 1.08 bits per heavy atom. The molecule has 0 aromatic heterocycles. The Balaban J connectivity index is 1.41. The average molecular weight is 351 g/mol. The number of urea groups is 1. The summed E-state index contributed by atoms with van der Waals surface area (Å²) >= 11 is 0. The van der Waals surface area contributed by atoms with Gasteiger partial charge >= 0.3 is 6.03 Å². The highest BCUT2D eigenvalue weighted by Crippen LogP contribution is 2.19. The van der Waals surface area contributed by atoms with Crippen molar-refractivity contribution >= 4 is 11.7 Å². The minimum Gasteiger partial charge on any atom is -0.338 e. The number of nitrogens with zero attached hydrogens (tertiary/aromatic N) is 1. The lowest BCUT2D eigenvalue weighted by Crippen LogP contribution is -2.34. The van der Waals surface area contributed by atoms with Crippen molar-refractivity contribution in [2.24, 2.45) is 5.92 Å². The van der Waals surface area contributed by atoms with Gasteiger partial charge in [0.05, 0.1) is 0 Å². The molecule has 2 aromatic carbocycles. The van der Waals surface area contributed by atoms with Crippen molar-refractivity contribution in [1.29, 1.82) is 0 Å². The molecule has 0 radical (unpaired) electrons. The first-order valence-electron chi connectivity index (χ1n) is 9.39. The minimum atomic E-state index is -0.120. The number of carbonyl (C=O) groups excluding carboxylic acids is 1. The van der Waals surface area contributed by atoms with Crippen LogP contribution in [0.3, 0.4) is 0 Å². The van der Waals surface area contributed by atoms with E-state index in [1.54, 1.807) is 0 Å². The molecule has 3 rings (SSSR count). The SMILES string of the molecule is Cc1ccc(CN2CC[C@H](CNC(=O)Nc3ccc(C)c(C)c3)C2)cc1. The van der Waals surface area contributed by atoms with Gasteiger partial charge in [0, 0.05) is 25.3 Å². The van der Waals surface area contributed by atoms with Crippen molar-refractivity contribution in [2.45, 2.75) is 33.7 Å². The van der Waals surface area contributed by atoms with Crippen LogP contribution in [-0.2, 0) is 6.54 Å². The number of carbonyl (C=O) groups is 1. The summed E-state index contributed by atoms with van der Waals surface area (Å²) in [5.41, 5.74) is 5.92. The van der Waals surface area contributed by atoms with Gasteiger partial charge in [-0.25, -0.2) is 4.79 Å². The van der Waals surface area contributed by atoms with E-state index in [2.05, 4.69) is 60.6 Å². The zero-order valence-electron chi connectivity index (χ0n) is 16.0. The van der Waals surface area contributed by atoms with Crippen molar-refractivity contribution in [2.75, 3.05) is 25.0 Å². The number of likely N-dealkylation sites (tertiary alicyclic amines) is 1. The highest BCUT2D eigenvalue weighted by molar-refractivity contribution is 5.89. The lowest BCUT2D eigenvalue weighted by molar-refractivity contribution is 0.249. The Kier molecular flexibility index (Phi) is 5.94. The van der Waals surface area contributed by atoms with E-state index in [0.717, 1.165) is 38.3 Å². The largest absolute Gasteiger partial charge is 0.338 e. The van der Waals surface area contributed by atoms with Crippen molar-refractivity contribution in [3.63, 3.8) is 0 Å². The lowest BCUT2D eigenvalue weighted by atomic mass is 10.1. The Morgan fingerprint density at radius 2 is 1.85 bits per heavy atom. The van der Waals surface area contributed by atoms with Gasteiger partial charge in [-0.2, -0.15) is 0 Å². The third-order valence-corrected chi connectivity index (χ3v) is 5.21. The zero-order chi connectivity index (χ0) is 18.5. The van der Waals surface area contributed by atoms with Crippen molar-refractivity contribution in [1.82, 2.24) is 10.2 Å². The molecule has 138 valence electrons. The van der Waals surface area contributed by atoms with Crippen LogP contribution in [0, 0.1) is 26.7 Å². The van der Waals surface area contributed by atoms with E-state index in [9.17, 15) is 4.79 Å². The minimum absolute atomic E-state index is 0.120. The van der Waals surface area contributed by atoms with Gasteiger partial charge in [0.1, 0.15) is 0 Å². The molecule has 1 atom stereocenters. The van der Waals surface area contributed by atoms with Crippen LogP contribution in [0.1, 0.15) is 28.7 Å². The van der Waals surface area contributed by atoms with Crippen molar-refractivity contribution in [3.8, 4) is 0 Å². The van der Waals surface area contributed by atoms with Gasteiger partial charge in [-0.15, -0.1) is 0 Å². The van der Waals surface area contributed by atoms with Crippen LogP contribution in [0.25, 0.3) is 0 Å². The molecular weight excluding hydrogens is 322 g/mol. The molecule has 26 heavy (non-hydrogen) atoms. The van der Waals surface area contributed by atoms with Gasteiger partial charge in [-0.3, -0.25) is 4.90 Å². The molecule has 0 aliphatic carbocycles. The van der Waals surface area contributed by atoms with Crippen LogP contribution >= 0.6 is 0 Å². The van der Waals surface area contributed by atoms with E-state index in [1.165, 1.54) is 22.3 Å². The summed E-state index contributed by atoms with van der Waals surface area (Å²) in [7, 11) is 0. The first-order valence-corrected chi connectivity index (χ1v) is 9.39. The second-order valence-corrected chi connectivity index (χ2v) is 7.51. The number of nitrogens with one attached hydrogen (secondary N) is 2. The fourth-order valence-corrected chi connectivity index (χ4v) is 3.41. The molecule has 1 aliphatic heterocycles. The van der Waals surface area contributed by atoms with Gasteiger partial charge in [0.25, 0.3) is 0 Å². The molecule has 2 N–H and O–H groups in total. The topological polar surface area (TPSA) is 44.4 Å². The van der Waals surface area contributed by atoms with E-state index in [-0.39, 0.29) is 6.03 Å². The first-order chi connectivity index (χ1) is 12.5. The number of hydrogen-bond acceptors (Lipinski definition) is 2. The molecule has 0 bridgehead atoms. The summed E-state index contributed by atoms with van der Waals surface area (Å²) in [5, 5.41) is 5.95. The quantitative estimate of drug-likeness (QED) is 0.845. The third kappa shape index (κ3) is 5.09. The molecule has 2 aromatic rings. The molecule has 4 heteroatoms. The van der Waals surface area contributed by atoms with Crippen LogP contribution in [0.2, 0.25) is 0 Å². The standard InChI is InChI=1S/C22H29N3O/c1-16-4-7-19(8-5-16)14-25-11-10-20(15-25)13-23-22(26)24-21-9-6-17(2)18(3)12-21/h4-9,12,20H,10-11,13-15H2,1-3H3,(H2,23,24,26)/t20-/m1/s1. The second-order valence-electron chi connectivity index (χ2n) is 7.51. The first kappa shape index (κ1) is 18.5. The van der Waals surface area contributed by atoms with Gasteiger partial charge in [-0.05, 0) is 68.5 Å². The van der Waals surface area contributed by atoms with Gasteiger partial charge < -0.3 is 10.6 Å². The summed E-state index contributed by atoms with van der Waals surface area (Å²) in [5.74, 6) is 0.519. The van der Waals surface area contributed by atoms with Crippen LogP contribution in [0.5, 0.6) is 0 Å². The predicted octanol–water partition coefficient (Wildman–Crippen LogP) is 4.26. The molecule has 0 unspecified atom stereocenters. The summed E-state index contributed by atoms with van der Waals surface area (Å²) in [6, 6.07) is 14.6. The highest BCUT2D eigenvalue weighted by atomic mass is 16.2. The summed E-state index contributed by atoms with van der Waals surface area (Å²) < 4.78 is 0. The maximum absolute atomic E-state index is 12.1. The summed E-state index contributed by atoms with van der Waals surface area (Å²) in [6.45, 7) is 10.1. The number of amides is 2. The molecular formula is C22H29N3O. The number of benzene rings is 2. The fourth-order valence-electron chi connectivity index (χ4n) is 3.41. The Labute approximate surface area is 156 Å². The molecule has 1 fully saturated rings. The van der Waals surface area contributed by atoms with Crippen molar-refractivity contribution in [3.05, 3.63) is 64.7 Å². The monoisotopic (exact) mass is 351 g/mol. The Morgan fingerprint density at radius 3 is 2.58 bits per heavy atom. The highest BCUT2D eigenvalue weighted by Gasteiger charge is 2.22. The number of anilines is 1. The van der Waals surface area contributed by atoms with Crippen LogP contribution in [0.4, 0.5) is 10.5 Å². The molecule has 0 saturated carbocycles. The lowest BCUT2D eigenvalue weighted by Gasteiger charge is -2.17. The van der Waals surface area contributed by atoms with Gasteiger partial charge in [0.15, 0.2) is 0 Å². The smallest absolute Gasteiger partial charge is 0.319 e. The number of aryl methyl sites for hydroxylation is 3. The van der Waals surface area contributed by atoms with E-state index in [1.807, 2.05) is 18.2 Å². The van der Waals surface area contributed by atoms with Crippen LogP contribution in [0.15, 0.2) is 42.5 Å². The maximum Gasteiger partial charge on any atom is 0.319 e. The predicted molar refractivity (Wildman–Crippen MR) is 108 cm³/mol. The number of rotatable bonds is 5. The fraction of sp³-hybridized carbons (Fsp3) is 0.409. The van der Waals surface area contributed by atoms with E-state index >= 15 is 0 Å². The van der Waals surface area contributed by atoms with E-state index in [4.69, 9.17) is 0 Å².